The number of nitrogens with one attached hydrogen (secondary N) is 1. The van der Waals surface area contributed by atoms with Crippen molar-refractivity contribution in [3.05, 3.63) is 0 Å². The molecule has 0 aromatic carbocycles. The van der Waals surface area contributed by atoms with Crippen LogP contribution in [-0.2, 0) is 9.16 Å². The first-order chi connectivity index (χ1) is 8.35. The number of amides is 1. The molecule has 5 nitrogen and oxygen atoms in total. The van der Waals surface area contributed by atoms with Gasteiger partial charge < -0.3 is 9.16 Å². The van der Waals surface area contributed by atoms with Crippen LogP contribution in [0.4, 0.5) is 4.79 Å². The standard InChI is InChI=1S/C13H28N2O3Si/c1-12(2,3)18-11(16)15-14-9-10-17-19(7,8)13(4,5)6/h9H,10H2,1-8H3,(H,15,16). The molecule has 19 heavy (non-hydrogen) atoms. The Kier molecular flexibility index (Phi) is 6.22. The van der Waals surface area contributed by atoms with Crippen molar-refractivity contribution in [1.82, 2.24) is 5.43 Å². The molecule has 0 saturated heterocycles. The molecule has 0 fully saturated rings. The first kappa shape index (κ1) is 18.1. The molecule has 0 spiro atoms. The molecule has 0 saturated carbocycles. The van der Waals surface area contributed by atoms with Crippen molar-refractivity contribution < 1.29 is 14.0 Å². The molecule has 0 aliphatic heterocycles. The van der Waals surface area contributed by atoms with E-state index in [0.717, 1.165) is 0 Å². The van der Waals surface area contributed by atoms with Gasteiger partial charge in [-0.3, -0.25) is 0 Å². The van der Waals surface area contributed by atoms with Gasteiger partial charge in [-0.05, 0) is 38.9 Å². The topological polar surface area (TPSA) is 59.9 Å². The van der Waals surface area contributed by atoms with Crippen LogP contribution in [0.15, 0.2) is 5.10 Å². The van der Waals surface area contributed by atoms with E-state index >= 15 is 0 Å². The first-order valence-electron chi connectivity index (χ1n) is 6.50. The molecule has 0 aliphatic carbocycles. The predicted molar refractivity (Wildman–Crippen MR) is 81.0 cm³/mol. The third-order valence-corrected chi connectivity index (χ3v) is 7.47. The highest BCUT2D eigenvalue weighted by Crippen LogP contribution is 2.36. The van der Waals surface area contributed by atoms with E-state index in [1.165, 1.54) is 0 Å². The molecule has 1 amide bonds. The quantitative estimate of drug-likeness (QED) is 0.489. The highest BCUT2D eigenvalue weighted by Gasteiger charge is 2.36. The first-order valence-corrected chi connectivity index (χ1v) is 9.40. The summed E-state index contributed by atoms with van der Waals surface area (Å²) < 4.78 is 10.9. The highest BCUT2D eigenvalue weighted by molar-refractivity contribution is 6.74. The molecule has 0 aromatic heterocycles. The van der Waals surface area contributed by atoms with Gasteiger partial charge in [-0.1, -0.05) is 20.8 Å². The normalized spacial score (nSPS) is 13.7. The van der Waals surface area contributed by atoms with Gasteiger partial charge in [0, 0.05) is 6.21 Å². The van der Waals surface area contributed by atoms with Crippen molar-refractivity contribution in [3.63, 3.8) is 0 Å². The number of nitrogens with zero attached hydrogens (tertiary/aromatic N) is 1. The summed E-state index contributed by atoms with van der Waals surface area (Å²) in [5.41, 5.74) is 1.79. The zero-order valence-corrected chi connectivity index (χ0v) is 14.5. The molecule has 0 aromatic rings. The van der Waals surface area contributed by atoms with Gasteiger partial charge in [0.15, 0.2) is 8.32 Å². The van der Waals surface area contributed by atoms with Crippen molar-refractivity contribution in [2.45, 2.75) is 65.3 Å². The molecule has 0 bridgehead atoms. The van der Waals surface area contributed by atoms with Crippen molar-refractivity contribution >= 4 is 20.6 Å². The maximum absolute atomic E-state index is 11.3. The molecule has 0 aliphatic rings. The fourth-order valence-electron chi connectivity index (χ4n) is 0.899. The molecule has 0 unspecified atom stereocenters. The number of hydrogen-bond acceptors (Lipinski definition) is 4. The van der Waals surface area contributed by atoms with E-state index in [9.17, 15) is 4.79 Å². The molecule has 1 N–H and O–H groups in total. The summed E-state index contributed by atoms with van der Waals surface area (Å²) in [7, 11) is -1.76. The van der Waals surface area contributed by atoms with Gasteiger partial charge in [0.2, 0.25) is 0 Å². The number of carbonyl (C=O) groups is 1. The van der Waals surface area contributed by atoms with Crippen molar-refractivity contribution in [2.24, 2.45) is 5.10 Å². The Balaban J connectivity index is 4.04. The van der Waals surface area contributed by atoms with E-state index in [1.807, 2.05) is 0 Å². The zero-order valence-electron chi connectivity index (χ0n) is 13.5. The second-order valence-corrected chi connectivity index (χ2v) is 11.8. The third kappa shape index (κ3) is 8.00. The van der Waals surface area contributed by atoms with Crippen LogP contribution in [0.25, 0.3) is 0 Å². The molecule has 0 atom stereocenters. The smallest absolute Gasteiger partial charge is 0.428 e. The van der Waals surface area contributed by atoms with Crippen molar-refractivity contribution in [1.29, 1.82) is 0 Å². The van der Waals surface area contributed by atoms with E-state index in [4.69, 9.17) is 9.16 Å². The van der Waals surface area contributed by atoms with E-state index < -0.39 is 20.0 Å². The summed E-state index contributed by atoms with van der Waals surface area (Å²) in [6.45, 7) is 16.7. The summed E-state index contributed by atoms with van der Waals surface area (Å²) in [5.74, 6) is 0. The number of hydrogen-bond donors (Lipinski definition) is 1. The molecule has 0 heterocycles. The molecular weight excluding hydrogens is 260 g/mol. The summed E-state index contributed by atoms with van der Waals surface area (Å²) >= 11 is 0. The Morgan fingerprint density at radius 3 is 2.16 bits per heavy atom. The van der Waals surface area contributed by atoms with Crippen LogP contribution in [0.3, 0.4) is 0 Å². The lowest BCUT2D eigenvalue weighted by Gasteiger charge is -2.35. The second kappa shape index (κ2) is 6.52. The third-order valence-electron chi connectivity index (χ3n) is 2.97. The average Bonchev–Trinajstić information content (AvgIpc) is 2.11. The van der Waals surface area contributed by atoms with Crippen LogP contribution in [0.1, 0.15) is 41.5 Å². The largest absolute Gasteiger partial charge is 0.443 e. The van der Waals surface area contributed by atoms with Gasteiger partial charge in [0.05, 0.1) is 6.61 Å². The van der Waals surface area contributed by atoms with Crippen LogP contribution in [0.2, 0.25) is 18.1 Å². The van der Waals surface area contributed by atoms with Gasteiger partial charge >= 0.3 is 6.09 Å². The van der Waals surface area contributed by atoms with Crippen LogP contribution >= 0.6 is 0 Å². The Morgan fingerprint density at radius 1 is 1.21 bits per heavy atom. The van der Waals surface area contributed by atoms with Crippen molar-refractivity contribution in [3.8, 4) is 0 Å². The average molecular weight is 288 g/mol. The Hall–Kier alpha value is -0.883. The number of hydrazone groups is 1. The molecule has 6 heteroatoms. The summed E-state index contributed by atoms with van der Waals surface area (Å²) in [5, 5.41) is 3.95. The van der Waals surface area contributed by atoms with E-state index in [-0.39, 0.29) is 5.04 Å². The maximum atomic E-state index is 11.3. The lowest BCUT2D eigenvalue weighted by molar-refractivity contribution is 0.0529. The Bertz CT molecular complexity index is 328. The zero-order chi connectivity index (χ0) is 15.3. The molecule has 0 rings (SSSR count). The van der Waals surface area contributed by atoms with Crippen LogP contribution in [0, 0.1) is 0 Å². The monoisotopic (exact) mass is 288 g/mol. The van der Waals surface area contributed by atoms with Crippen LogP contribution in [-0.4, -0.2) is 32.8 Å². The highest BCUT2D eigenvalue weighted by atomic mass is 28.4. The van der Waals surface area contributed by atoms with Crippen LogP contribution < -0.4 is 5.43 Å². The maximum Gasteiger partial charge on any atom is 0.428 e. The lowest BCUT2D eigenvalue weighted by Crippen LogP contribution is -2.41. The van der Waals surface area contributed by atoms with Gasteiger partial charge in [-0.2, -0.15) is 5.10 Å². The number of ether oxygens (including phenoxy) is 1. The SMILES string of the molecule is CC(C)(C)OC(=O)NN=CCO[Si](C)(C)C(C)(C)C. The minimum Gasteiger partial charge on any atom is -0.443 e. The van der Waals surface area contributed by atoms with Gasteiger partial charge in [0.25, 0.3) is 0 Å². The second-order valence-electron chi connectivity index (χ2n) is 7.00. The molecule has 112 valence electrons. The van der Waals surface area contributed by atoms with E-state index in [1.54, 1.807) is 27.0 Å². The fourth-order valence-corrected chi connectivity index (χ4v) is 1.82. The Morgan fingerprint density at radius 2 is 1.74 bits per heavy atom. The van der Waals surface area contributed by atoms with E-state index in [0.29, 0.717) is 6.61 Å². The number of carbonyl (C=O) groups excluding carboxylic acids is 1. The summed E-state index contributed by atoms with van der Waals surface area (Å²) in [6.07, 6.45) is 0.987. The molecular formula is C13H28N2O3Si. The van der Waals surface area contributed by atoms with Gasteiger partial charge in [-0.15, -0.1) is 0 Å². The Labute approximate surface area is 117 Å². The predicted octanol–water partition coefficient (Wildman–Crippen LogP) is 3.52. The van der Waals surface area contributed by atoms with E-state index in [2.05, 4.69) is 44.4 Å². The molecule has 0 radical (unpaired) electrons. The van der Waals surface area contributed by atoms with Crippen molar-refractivity contribution in [2.75, 3.05) is 6.61 Å². The lowest BCUT2D eigenvalue weighted by atomic mass is 10.2. The van der Waals surface area contributed by atoms with Gasteiger partial charge in [0.1, 0.15) is 5.60 Å². The minimum atomic E-state index is -1.76. The van der Waals surface area contributed by atoms with Crippen LogP contribution in [0.5, 0.6) is 0 Å². The fraction of sp³-hybridized carbons (Fsp3) is 0.846. The summed E-state index contributed by atoms with van der Waals surface area (Å²) in [4.78, 5) is 11.3. The number of rotatable bonds is 4. The minimum absolute atomic E-state index is 0.166. The summed E-state index contributed by atoms with van der Waals surface area (Å²) in [6, 6.07) is 0. The van der Waals surface area contributed by atoms with Gasteiger partial charge in [-0.25, -0.2) is 10.2 Å².